The molecular weight excluding hydrogens is 236 g/mol. The number of hydrogen-bond donors (Lipinski definition) is 2. The number of rotatable bonds is 3. The molecule has 0 bridgehead atoms. The average Bonchev–Trinajstić information content (AvgIpc) is 2.32. The molecule has 1 aromatic carbocycles. The van der Waals surface area contributed by atoms with Crippen LogP contribution in [0.3, 0.4) is 0 Å². The van der Waals surface area contributed by atoms with E-state index in [0.717, 1.165) is 16.1 Å². The van der Waals surface area contributed by atoms with Crippen LogP contribution in [0.2, 0.25) is 0 Å². The van der Waals surface area contributed by atoms with Crippen LogP contribution < -0.4 is 15.8 Å². The van der Waals surface area contributed by atoms with Gasteiger partial charge in [0, 0.05) is 4.90 Å². The zero-order valence-electron chi connectivity index (χ0n) is 9.95. The summed E-state index contributed by atoms with van der Waals surface area (Å²) in [5.74, 6) is 0.717. The van der Waals surface area contributed by atoms with Crippen LogP contribution in [0, 0.1) is 6.92 Å². The molecule has 17 heavy (non-hydrogen) atoms. The highest BCUT2D eigenvalue weighted by Crippen LogP contribution is 2.43. The molecular formula is C12H16N2O2S. The molecule has 1 atom stereocenters. The summed E-state index contributed by atoms with van der Waals surface area (Å²) in [5, 5.41) is 2.82. The summed E-state index contributed by atoms with van der Waals surface area (Å²) in [5.41, 5.74) is 7.45. The number of ether oxygens (including phenoxy) is 1. The van der Waals surface area contributed by atoms with E-state index in [4.69, 9.17) is 10.5 Å². The number of carbonyl (C=O) groups is 1. The van der Waals surface area contributed by atoms with Crippen molar-refractivity contribution in [2.75, 3.05) is 19.0 Å². The standard InChI is InChI=1S/C12H16N2O2S/c1-7-3-4-8(16-2)10-11(7)17-9(5-6-13)12(15)14-10/h3-4,9H,5-6,13H2,1-2H3,(H,14,15). The number of fused-ring (bicyclic) bond motifs is 1. The SMILES string of the molecule is COc1ccc(C)c2c1NC(=O)C(CCN)S2. The quantitative estimate of drug-likeness (QED) is 0.860. The topological polar surface area (TPSA) is 64.3 Å². The van der Waals surface area contributed by atoms with E-state index in [0.29, 0.717) is 18.7 Å². The van der Waals surface area contributed by atoms with E-state index >= 15 is 0 Å². The van der Waals surface area contributed by atoms with Crippen LogP contribution >= 0.6 is 11.8 Å². The van der Waals surface area contributed by atoms with Gasteiger partial charge in [-0.25, -0.2) is 0 Å². The van der Waals surface area contributed by atoms with Crippen molar-refractivity contribution in [2.45, 2.75) is 23.5 Å². The maximum absolute atomic E-state index is 11.9. The molecule has 0 aromatic heterocycles. The zero-order chi connectivity index (χ0) is 12.4. The molecule has 92 valence electrons. The van der Waals surface area contributed by atoms with Gasteiger partial charge in [-0.05, 0) is 31.5 Å². The molecule has 5 heteroatoms. The van der Waals surface area contributed by atoms with Gasteiger partial charge < -0.3 is 15.8 Å². The number of carbonyl (C=O) groups excluding carboxylic acids is 1. The highest BCUT2D eigenvalue weighted by atomic mass is 32.2. The average molecular weight is 252 g/mol. The number of nitrogens with two attached hydrogens (primary N) is 1. The van der Waals surface area contributed by atoms with E-state index < -0.39 is 0 Å². The van der Waals surface area contributed by atoms with E-state index in [9.17, 15) is 4.79 Å². The highest BCUT2D eigenvalue weighted by Gasteiger charge is 2.29. The molecule has 0 saturated heterocycles. The fourth-order valence-corrected chi connectivity index (χ4v) is 3.08. The fourth-order valence-electron chi connectivity index (χ4n) is 1.85. The van der Waals surface area contributed by atoms with Crippen LogP contribution in [-0.2, 0) is 4.79 Å². The maximum atomic E-state index is 11.9. The molecule has 0 saturated carbocycles. The second kappa shape index (κ2) is 4.98. The Balaban J connectivity index is 2.40. The smallest absolute Gasteiger partial charge is 0.238 e. The number of aryl methyl sites for hydroxylation is 1. The number of amides is 1. The minimum absolute atomic E-state index is 0.0110. The first-order valence-corrected chi connectivity index (χ1v) is 6.40. The molecule has 1 unspecified atom stereocenters. The molecule has 2 rings (SSSR count). The monoisotopic (exact) mass is 252 g/mol. The molecule has 1 aliphatic rings. The van der Waals surface area contributed by atoms with Gasteiger partial charge in [0.05, 0.1) is 18.0 Å². The summed E-state index contributed by atoms with van der Waals surface area (Å²) in [4.78, 5) is 13.0. The predicted octanol–water partition coefficient (Wildman–Crippen LogP) is 1.77. The van der Waals surface area contributed by atoms with E-state index in [-0.39, 0.29) is 11.2 Å². The van der Waals surface area contributed by atoms with Crippen LogP contribution in [0.4, 0.5) is 5.69 Å². The van der Waals surface area contributed by atoms with Gasteiger partial charge >= 0.3 is 0 Å². The third kappa shape index (κ3) is 2.25. The fraction of sp³-hybridized carbons (Fsp3) is 0.417. The summed E-state index contributed by atoms with van der Waals surface area (Å²) < 4.78 is 5.26. The van der Waals surface area contributed by atoms with Crippen molar-refractivity contribution < 1.29 is 9.53 Å². The van der Waals surface area contributed by atoms with Gasteiger partial charge in [-0.3, -0.25) is 4.79 Å². The third-order valence-electron chi connectivity index (χ3n) is 2.77. The van der Waals surface area contributed by atoms with Gasteiger partial charge in [-0.15, -0.1) is 11.8 Å². The van der Waals surface area contributed by atoms with Crippen LogP contribution in [0.15, 0.2) is 17.0 Å². The minimum atomic E-state index is -0.0988. The summed E-state index contributed by atoms with van der Waals surface area (Å²) in [7, 11) is 1.60. The Morgan fingerprint density at radius 3 is 2.94 bits per heavy atom. The van der Waals surface area contributed by atoms with Gasteiger partial charge in [0.2, 0.25) is 5.91 Å². The summed E-state index contributed by atoms with van der Waals surface area (Å²) in [6.07, 6.45) is 0.687. The van der Waals surface area contributed by atoms with Gasteiger partial charge in [0.1, 0.15) is 5.75 Å². The van der Waals surface area contributed by atoms with Crippen LogP contribution in [-0.4, -0.2) is 24.8 Å². The van der Waals surface area contributed by atoms with E-state index in [2.05, 4.69) is 5.32 Å². The normalized spacial score (nSPS) is 18.5. The third-order valence-corrected chi connectivity index (χ3v) is 4.26. The lowest BCUT2D eigenvalue weighted by molar-refractivity contribution is -0.115. The molecule has 0 fully saturated rings. The lowest BCUT2D eigenvalue weighted by Crippen LogP contribution is -2.31. The molecule has 0 radical (unpaired) electrons. The molecule has 1 heterocycles. The Morgan fingerprint density at radius 1 is 1.53 bits per heavy atom. The molecule has 1 aromatic rings. The molecule has 1 amide bonds. The Kier molecular flexibility index (Phi) is 3.59. The van der Waals surface area contributed by atoms with Crippen LogP contribution in [0.1, 0.15) is 12.0 Å². The van der Waals surface area contributed by atoms with Crippen molar-refractivity contribution in [1.82, 2.24) is 0 Å². The first kappa shape index (κ1) is 12.3. The highest BCUT2D eigenvalue weighted by molar-refractivity contribution is 8.01. The number of benzene rings is 1. The Labute approximate surface area is 105 Å². The van der Waals surface area contributed by atoms with Gasteiger partial charge in [0.25, 0.3) is 0 Å². The molecule has 0 aliphatic carbocycles. The molecule has 3 N–H and O–H groups in total. The van der Waals surface area contributed by atoms with Crippen molar-refractivity contribution in [3.05, 3.63) is 17.7 Å². The number of nitrogens with one attached hydrogen (secondary N) is 1. The van der Waals surface area contributed by atoms with Crippen molar-refractivity contribution in [1.29, 1.82) is 0 Å². The number of hydrogen-bond acceptors (Lipinski definition) is 4. The Bertz CT molecular complexity index is 448. The lowest BCUT2D eigenvalue weighted by atomic mass is 10.2. The van der Waals surface area contributed by atoms with Crippen LogP contribution in [0.25, 0.3) is 0 Å². The summed E-state index contributed by atoms with van der Waals surface area (Å²) in [6, 6.07) is 3.87. The minimum Gasteiger partial charge on any atom is -0.495 e. The van der Waals surface area contributed by atoms with E-state index in [1.54, 1.807) is 18.9 Å². The predicted molar refractivity (Wildman–Crippen MR) is 69.7 cm³/mol. The molecule has 0 spiro atoms. The summed E-state index contributed by atoms with van der Waals surface area (Å²) >= 11 is 1.57. The lowest BCUT2D eigenvalue weighted by Gasteiger charge is -2.26. The van der Waals surface area contributed by atoms with Crippen molar-refractivity contribution in [2.24, 2.45) is 5.73 Å². The zero-order valence-corrected chi connectivity index (χ0v) is 10.8. The second-order valence-electron chi connectivity index (χ2n) is 3.96. The van der Waals surface area contributed by atoms with Gasteiger partial charge in [0.15, 0.2) is 0 Å². The number of anilines is 1. The largest absolute Gasteiger partial charge is 0.495 e. The first-order valence-electron chi connectivity index (χ1n) is 5.52. The van der Waals surface area contributed by atoms with E-state index in [1.165, 1.54) is 0 Å². The van der Waals surface area contributed by atoms with Crippen LogP contribution in [0.5, 0.6) is 5.75 Å². The van der Waals surface area contributed by atoms with Crippen molar-refractivity contribution >= 4 is 23.4 Å². The van der Waals surface area contributed by atoms with E-state index in [1.807, 2.05) is 19.1 Å². The maximum Gasteiger partial charge on any atom is 0.238 e. The molecule has 1 aliphatic heterocycles. The second-order valence-corrected chi connectivity index (χ2v) is 5.17. The Morgan fingerprint density at radius 2 is 2.29 bits per heavy atom. The van der Waals surface area contributed by atoms with Gasteiger partial charge in [-0.2, -0.15) is 0 Å². The number of thioether (sulfide) groups is 1. The first-order chi connectivity index (χ1) is 8.17. The number of methoxy groups -OCH3 is 1. The van der Waals surface area contributed by atoms with Gasteiger partial charge in [-0.1, -0.05) is 6.07 Å². The summed E-state index contributed by atoms with van der Waals surface area (Å²) in [6.45, 7) is 2.55. The van der Waals surface area contributed by atoms with Crippen molar-refractivity contribution in [3.8, 4) is 5.75 Å². The Hall–Kier alpha value is -1.20. The van der Waals surface area contributed by atoms with Crippen molar-refractivity contribution in [3.63, 3.8) is 0 Å². The molecule has 4 nitrogen and oxygen atoms in total.